The SMILES string of the molecule is O=C(CSc1n[nH]c(COc2ccc(Cl)cc2)n1)NCCC(c1ccccc1)c1ccccc1. The summed E-state index contributed by atoms with van der Waals surface area (Å²) in [7, 11) is 0. The van der Waals surface area contributed by atoms with Crippen molar-refractivity contribution in [3.05, 3.63) is 107 Å². The molecule has 1 aromatic heterocycles. The van der Waals surface area contributed by atoms with Gasteiger partial charge in [-0.15, -0.1) is 5.10 Å². The fourth-order valence-corrected chi connectivity index (χ4v) is 4.30. The fraction of sp³-hybridized carbons (Fsp3) is 0.192. The molecule has 0 aliphatic heterocycles. The molecule has 34 heavy (non-hydrogen) atoms. The molecule has 0 unspecified atom stereocenters. The smallest absolute Gasteiger partial charge is 0.230 e. The number of H-pyrrole nitrogens is 1. The summed E-state index contributed by atoms with van der Waals surface area (Å²) < 4.78 is 5.65. The number of aromatic amines is 1. The number of carbonyl (C=O) groups excluding carboxylic acids is 1. The number of hydrogen-bond acceptors (Lipinski definition) is 5. The molecule has 3 aromatic carbocycles. The first-order chi connectivity index (χ1) is 16.7. The van der Waals surface area contributed by atoms with Crippen LogP contribution in [0.25, 0.3) is 0 Å². The standard InChI is InChI=1S/C26H25ClN4O2S/c27-21-11-13-22(14-12-21)33-17-24-29-26(31-30-24)34-18-25(32)28-16-15-23(19-7-3-1-4-8-19)20-9-5-2-6-10-20/h1-14,23H,15-18H2,(H,28,32)(H,29,30,31). The number of nitrogens with zero attached hydrogens (tertiary/aromatic N) is 2. The number of thioether (sulfide) groups is 1. The number of ether oxygens (including phenoxy) is 1. The summed E-state index contributed by atoms with van der Waals surface area (Å²) in [6.45, 7) is 0.837. The largest absolute Gasteiger partial charge is 0.486 e. The summed E-state index contributed by atoms with van der Waals surface area (Å²) in [5.74, 6) is 1.71. The third kappa shape index (κ3) is 7.10. The molecule has 6 nitrogen and oxygen atoms in total. The van der Waals surface area contributed by atoms with Crippen molar-refractivity contribution in [3.8, 4) is 5.75 Å². The van der Waals surface area contributed by atoms with E-state index in [1.165, 1.54) is 22.9 Å². The Bertz CT molecular complexity index is 1130. The Morgan fingerprint density at radius 1 is 0.971 bits per heavy atom. The lowest BCUT2D eigenvalue weighted by molar-refractivity contribution is -0.118. The van der Waals surface area contributed by atoms with Gasteiger partial charge in [0.25, 0.3) is 0 Å². The van der Waals surface area contributed by atoms with E-state index >= 15 is 0 Å². The predicted molar refractivity (Wildman–Crippen MR) is 135 cm³/mol. The first kappa shape index (κ1) is 23.9. The average Bonchev–Trinajstić information content (AvgIpc) is 3.34. The van der Waals surface area contributed by atoms with Gasteiger partial charge >= 0.3 is 0 Å². The topological polar surface area (TPSA) is 79.9 Å². The Kier molecular flexibility index (Phi) is 8.60. The van der Waals surface area contributed by atoms with Crippen LogP contribution in [0, 0.1) is 0 Å². The van der Waals surface area contributed by atoms with Crippen molar-refractivity contribution < 1.29 is 9.53 Å². The number of amides is 1. The van der Waals surface area contributed by atoms with E-state index in [0.717, 1.165) is 6.42 Å². The highest BCUT2D eigenvalue weighted by molar-refractivity contribution is 7.99. The van der Waals surface area contributed by atoms with Crippen LogP contribution in [-0.2, 0) is 11.4 Å². The predicted octanol–water partition coefficient (Wildman–Crippen LogP) is 5.47. The maximum Gasteiger partial charge on any atom is 0.230 e. The van der Waals surface area contributed by atoms with Crippen molar-refractivity contribution in [1.82, 2.24) is 20.5 Å². The molecule has 0 radical (unpaired) electrons. The van der Waals surface area contributed by atoms with Gasteiger partial charge in [-0.25, -0.2) is 4.98 Å². The van der Waals surface area contributed by atoms with Gasteiger partial charge in [-0.3, -0.25) is 9.89 Å². The normalized spacial score (nSPS) is 10.9. The quantitative estimate of drug-likeness (QED) is 0.271. The molecule has 0 aliphatic rings. The highest BCUT2D eigenvalue weighted by atomic mass is 35.5. The van der Waals surface area contributed by atoms with Crippen molar-refractivity contribution >= 4 is 29.3 Å². The van der Waals surface area contributed by atoms with Gasteiger partial charge in [0.15, 0.2) is 5.82 Å². The molecule has 4 aromatic rings. The van der Waals surface area contributed by atoms with E-state index in [0.29, 0.717) is 28.3 Å². The van der Waals surface area contributed by atoms with E-state index < -0.39 is 0 Å². The van der Waals surface area contributed by atoms with E-state index in [2.05, 4.69) is 44.8 Å². The highest BCUT2D eigenvalue weighted by Crippen LogP contribution is 2.27. The molecule has 0 fully saturated rings. The summed E-state index contributed by atoms with van der Waals surface area (Å²) in [6, 6.07) is 27.9. The first-order valence-corrected chi connectivity index (χ1v) is 12.3. The summed E-state index contributed by atoms with van der Waals surface area (Å²) in [6.07, 6.45) is 0.817. The third-order valence-corrected chi connectivity index (χ3v) is 6.29. The van der Waals surface area contributed by atoms with E-state index in [1.54, 1.807) is 24.3 Å². The van der Waals surface area contributed by atoms with Crippen molar-refractivity contribution in [3.63, 3.8) is 0 Å². The molecule has 0 saturated carbocycles. The zero-order valence-electron chi connectivity index (χ0n) is 18.5. The Hall–Kier alpha value is -3.29. The van der Waals surface area contributed by atoms with Gasteiger partial charge in [-0.2, -0.15) is 0 Å². The molecule has 0 saturated heterocycles. The second-order valence-corrected chi connectivity index (χ2v) is 8.99. The summed E-state index contributed by atoms with van der Waals surface area (Å²) in [4.78, 5) is 16.8. The van der Waals surface area contributed by atoms with E-state index in [9.17, 15) is 4.79 Å². The summed E-state index contributed by atoms with van der Waals surface area (Å²) >= 11 is 7.16. The molecule has 174 valence electrons. The van der Waals surface area contributed by atoms with Crippen LogP contribution >= 0.6 is 23.4 Å². The molecule has 4 rings (SSSR count). The van der Waals surface area contributed by atoms with E-state index in [1.807, 2.05) is 36.4 Å². The summed E-state index contributed by atoms with van der Waals surface area (Å²) in [5.41, 5.74) is 2.48. The minimum Gasteiger partial charge on any atom is -0.486 e. The van der Waals surface area contributed by atoms with Crippen LogP contribution < -0.4 is 10.1 Å². The fourth-order valence-electron chi connectivity index (χ4n) is 3.52. The molecule has 2 N–H and O–H groups in total. The van der Waals surface area contributed by atoms with Gasteiger partial charge in [-0.1, -0.05) is 84.0 Å². The van der Waals surface area contributed by atoms with Crippen molar-refractivity contribution in [2.75, 3.05) is 12.3 Å². The molecule has 0 spiro atoms. The van der Waals surface area contributed by atoms with E-state index in [4.69, 9.17) is 16.3 Å². The molecular weight excluding hydrogens is 468 g/mol. The van der Waals surface area contributed by atoms with Crippen molar-refractivity contribution in [2.24, 2.45) is 0 Å². The molecule has 1 amide bonds. The highest BCUT2D eigenvalue weighted by Gasteiger charge is 2.14. The maximum atomic E-state index is 12.4. The second kappa shape index (κ2) is 12.3. The molecule has 0 bridgehead atoms. The second-order valence-electron chi connectivity index (χ2n) is 7.61. The zero-order chi connectivity index (χ0) is 23.6. The van der Waals surface area contributed by atoms with Gasteiger partial charge in [-0.05, 0) is 41.8 Å². The molecule has 1 heterocycles. The van der Waals surface area contributed by atoms with Crippen LogP contribution in [0.3, 0.4) is 0 Å². The van der Waals surface area contributed by atoms with Crippen LogP contribution in [0.2, 0.25) is 5.02 Å². The number of carbonyl (C=O) groups is 1. The number of aromatic nitrogens is 3. The monoisotopic (exact) mass is 492 g/mol. The lowest BCUT2D eigenvalue weighted by Gasteiger charge is -2.18. The molecule has 8 heteroatoms. The van der Waals surface area contributed by atoms with Gasteiger partial charge in [0, 0.05) is 17.5 Å². The Morgan fingerprint density at radius 2 is 1.62 bits per heavy atom. The van der Waals surface area contributed by atoms with E-state index in [-0.39, 0.29) is 24.2 Å². The van der Waals surface area contributed by atoms with Crippen molar-refractivity contribution in [2.45, 2.75) is 24.1 Å². The molecule has 0 aliphatic carbocycles. The van der Waals surface area contributed by atoms with Gasteiger partial charge in [0.2, 0.25) is 11.1 Å². The van der Waals surface area contributed by atoms with Crippen LogP contribution in [-0.4, -0.2) is 33.4 Å². The Morgan fingerprint density at radius 3 is 2.26 bits per heavy atom. The third-order valence-electron chi connectivity index (χ3n) is 5.19. The molecule has 0 atom stereocenters. The summed E-state index contributed by atoms with van der Waals surface area (Å²) in [5, 5.41) is 11.2. The van der Waals surface area contributed by atoms with Gasteiger partial charge in [0.05, 0.1) is 5.75 Å². The van der Waals surface area contributed by atoms with Crippen LogP contribution in [0.15, 0.2) is 90.1 Å². The number of nitrogens with one attached hydrogen (secondary N) is 2. The molecular formula is C26H25ClN4O2S. The average molecular weight is 493 g/mol. The Balaban J connectivity index is 1.22. The number of rotatable bonds is 11. The van der Waals surface area contributed by atoms with Crippen LogP contribution in [0.1, 0.15) is 29.3 Å². The lowest BCUT2D eigenvalue weighted by Crippen LogP contribution is -2.27. The Labute approximate surface area is 208 Å². The number of halogens is 1. The minimum absolute atomic E-state index is 0.0476. The maximum absolute atomic E-state index is 12.4. The van der Waals surface area contributed by atoms with Crippen LogP contribution in [0.4, 0.5) is 0 Å². The number of hydrogen-bond donors (Lipinski definition) is 2. The van der Waals surface area contributed by atoms with Gasteiger partial charge in [0.1, 0.15) is 12.4 Å². The first-order valence-electron chi connectivity index (χ1n) is 11.0. The van der Waals surface area contributed by atoms with Crippen LogP contribution in [0.5, 0.6) is 5.75 Å². The lowest BCUT2D eigenvalue weighted by atomic mass is 9.88. The van der Waals surface area contributed by atoms with Crippen molar-refractivity contribution in [1.29, 1.82) is 0 Å². The zero-order valence-corrected chi connectivity index (χ0v) is 20.1. The number of benzene rings is 3. The van der Waals surface area contributed by atoms with Gasteiger partial charge < -0.3 is 10.1 Å². The minimum atomic E-state index is -0.0476.